The first-order valence-electron chi connectivity index (χ1n) is 13.6. The lowest BCUT2D eigenvalue weighted by molar-refractivity contribution is -0.120. The first-order valence-corrected chi connectivity index (χ1v) is 13.6. The van der Waals surface area contributed by atoms with Gasteiger partial charge in [-0.1, -0.05) is 69.2 Å². The van der Waals surface area contributed by atoms with E-state index in [1.807, 2.05) is 62.4 Å². The Balaban J connectivity index is 0.00000199. The Hall–Kier alpha value is -3.86. The zero-order valence-electron chi connectivity index (χ0n) is 24.2. The van der Waals surface area contributed by atoms with Crippen LogP contribution in [0, 0.1) is 18.8 Å². The van der Waals surface area contributed by atoms with Gasteiger partial charge < -0.3 is 25.4 Å². The zero-order chi connectivity index (χ0) is 30.3. The lowest BCUT2D eigenvalue weighted by atomic mass is 9.93. The monoisotopic (exact) mass is 551 g/mol. The highest BCUT2D eigenvalue weighted by atomic mass is 16.5. The maximum atomic E-state index is 12.6. The summed E-state index contributed by atoms with van der Waals surface area (Å²) in [5.74, 6) is 0.814. The second-order valence-electron chi connectivity index (χ2n) is 8.53. The van der Waals surface area contributed by atoms with Crippen molar-refractivity contribution in [3.05, 3.63) is 95.1 Å². The highest BCUT2D eigenvalue weighted by Gasteiger charge is 2.23. The molecule has 1 atom stereocenters. The number of hydrogen-bond donors (Lipinski definition) is 4. The summed E-state index contributed by atoms with van der Waals surface area (Å²) in [6.07, 6.45) is 26.0. The predicted molar refractivity (Wildman–Crippen MR) is 161 cm³/mol. The van der Waals surface area contributed by atoms with Crippen molar-refractivity contribution in [2.24, 2.45) is 5.92 Å². The number of aliphatic hydroxyl groups excluding tert-OH is 2. The van der Waals surface area contributed by atoms with Gasteiger partial charge in [-0.15, -0.1) is 12.8 Å². The number of methoxy groups -OCH3 is 1. The van der Waals surface area contributed by atoms with Crippen LogP contribution in [0.25, 0.3) is 0 Å². The number of carbonyl (C=O) groups excluding carboxylic acids is 2. The van der Waals surface area contributed by atoms with Crippen LogP contribution in [0.1, 0.15) is 81.1 Å². The van der Waals surface area contributed by atoms with Crippen molar-refractivity contribution in [3.8, 4) is 12.8 Å². The van der Waals surface area contributed by atoms with Gasteiger partial charge in [0, 0.05) is 29.5 Å². The van der Waals surface area contributed by atoms with E-state index in [0.717, 1.165) is 36.8 Å². The Morgan fingerprint density at radius 2 is 1.68 bits per heavy atom. The van der Waals surface area contributed by atoms with Crippen molar-refractivity contribution >= 4 is 11.7 Å². The Labute approximate surface area is 239 Å². The molecule has 0 saturated heterocycles. The first kappa shape index (κ1) is 36.1. The Kier molecular flexibility index (Phi) is 19.9. The normalized spacial score (nSPS) is 16.5. The maximum absolute atomic E-state index is 12.6. The molecule has 0 heterocycles. The number of Topliss-reactive ketones (excluding diaryl/α,β-unsaturated/α-hetero) is 1. The van der Waals surface area contributed by atoms with E-state index in [-0.39, 0.29) is 35.7 Å². The van der Waals surface area contributed by atoms with Crippen LogP contribution >= 0.6 is 0 Å². The van der Waals surface area contributed by atoms with Gasteiger partial charge in [0.15, 0.2) is 17.3 Å². The number of benzene rings is 1. The van der Waals surface area contributed by atoms with Gasteiger partial charge in [0.1, 0.15) is 6.79 Å². The summed E-state index contributed by atoms with van der Waals surface area (Å²) in [6.45, 7) is 5.02. The summed E-state index contributed by atoms with van der Waals surface area (Å²) in [4.78, 5) is 24.9. The minimum atomic E-state index is -0.750. The number of amides is 1. The molecular formula is C33H45NO6. The molecule has 3 rings (SSSR count). The molecule has 0 aromatic heterocycles. The fourth-order valence-corrected chi connectivity index (χ4v) is 4.24. The van der Waals surface area contributed by atoms with Crippen molar-refractivity contribution < 1.29 is 29.6 Å². The number of carbonyl (C=O) groups is 2. The summed E-state index contributed by atoms with van der Waals surface area (Å²) in [7, 11) is 1.49. The van der Waals surface area contributed by atoms with Crippen molar-refractivity contribution in [3.63, 3.8) is 0 Å². The average Bonchev–Trinajstić information content (AvgIpc) is 3.43. The number of terminal acetylenes is 1. The van der Waals surface area contributed by atoms with Gasteiger partial charge in [-0.2, -0.15) is 0 Å². The molecule has 4 N–H and O–H groups in total. The molecule has 1 amide bonds. The molecule has 1 unspecified atom stereocenters. The van der Waals surface area contributed by atoms with Crippen molar-refractivity contribution in [2.45, 2.75) is 65.2 Å². The van der Waals surface area contributed by atoms with Crippen LogP contribution in [0.5, 0.6) is 0 Å². The molecular weight excluding hydrogens is 506 g/mol. The predicted octanol–water partition coefficient (Wildman–Crippen LogP) is 6.25. The molecule has 40 heavy (non-hydrogen) atoms. The van der Waals surface area contributed by atoms with Crippen LogP contribution < -0.4 is 5.32 Å². The second-order valence-corrected chi connectivity index (χ2v) is 8.53. The first-order chi connectivity index (χ1) is 19.4. The summed E-state index contributed by atoms with van der Waals surface area (Å²) in [5, 5.41) is 27.1. The summed E-state index contributed by atoms with van der Waals surface area (Å²) >= 11 is 0. The van der Waals surface area contributed by atoms with Crippen LogP contribution in [0.4, 0.5) is 0 Å². The van der Waals surface area contributed by atoms with Gasteiger partial charge in [0.25, 0.3) is 0 Å². The quantitative estimate of drug-likeness (QED) is 0.0948. The molecule has 7 heteroatoms. The number of nitrogens with one attached hydrogen (secondary N) is 1. The number of ketones is 1. The molecule has 218 valence electrons. The maximum Gasteiger partial charge on any atom is 0.224 e. The van der Waals surface area contributed by atoms with E-state index in [4.69, 9.17) is 14.9 Å². The van der Waals surface area contributed by atoms with Crippen LogP contribution in [-0.4, -0.2) is 40.9 Å². The highest BCUT2D eigenvalue weighted by Crippen LogP contribution is 2.29. The lowest BCUT2D eigenvalue weighted by Crippen LogP contribution is -2.21. The minimum Gasteiger partial charge on any atom is -0.504 e. The molecule has 0 spiro atoms. The Bertz CT molecular complexity index is 1050. The Morgan fingerprint density at radius 1 is 1.07 bits per heavy atom. The van der Waals surface area contributed by atoms with Crippen molar-refractivity contribution in [2.75, 3.05) is 13.9 Å². The van der Waals surface area contributed by atoms with Gasteiger partial charge in [-0.3, -0.25) is 9.59 Å². The zero-order valence-corrected chi connectivity index (χ0v) is 24.2. The third-order valence-corrected chi connectivity index (χ3v) is 6.11. The molecule has 1 saturated carbocycles. The molecule has 0 radical (unpaired) electrons. The minimum absolute atomic E-state index is 0.0307. The number of rotatable bonds is 9. The summed E-state index contributed by atoms with van der Waals surface area (Å²) < 4.78 is 5.04. The molecule has 1 aromatic carbocycles. The van der Waals surface area contributed by atoms with Gasteiger partial charge in [0.05, 0.1) is 7.11 Å². The third kappa shape index (κ3) is 12.8. The van der Waals surface area contributed by atoms with E-state index in [1.165, 1.54) is 7.11 Å². The number of hydrogen-bond acceptors (Lipinski definition) is 6. The van der Waals surface area contributed by atoms with E-state index < -0.39 is 6.79 Å². The van der Waals surface area contributed by atoms with E-state index in [1.54, 1.807) is 19.1 Å². The average molecular weight is 552 g/mol. The van der Waals surface area contributed by atoms with E-state index in [0.29, 0.717) is 17.9 Å². The SMILES string of the molecule is C#C.C/C=C(OC)\C(O)=C/CCC(=O)NC1=CC=CC(c2ccc(C(=O)C3CCCC3)cc2)C=C1.CC.OCO. The number of allylic oxidation sites excluding steroid dienone is 7. The topological polar surface area (TPSA) is 116 Å². The third-order valence-electron chi connectivity index (χ3n) is 6.11. The van der Waals surface area contributed by atoms with Gasteiger partial charge in [0.2, 0.25) is 5.91 Å². The molecule has 2 aliphatic rings. The fourth-order valence-electron chi connectivity index (χ4n) is 4.24. The Morgan fingerprint density at radius 3 is 2.23 bits per heavy atom. The standard InChI is InChI=1S/C28H33NO4.C2H6.C2H2.CH4O2/c1-3-26(33-2)25(30)12-7-13-27(31)29-24-11-6-10-20(18-19-24)21-14-16-23(17-15-21)28(32)22-8-4-5-9-22;2*1-2;2-1-3/h3,6,10-12,14-20,22,30H,4-5,7-9,13H2,1-2H3,(H,29,31);1-2H3;1-2H;2-3H,1H2/b25-12+,26-3+;;;. The lowest BCUT2D eigenvalue weighted by Gasteiger charge is -2.11. The number of ether oxygens (including phenoxy) is 1. The van der Waals surface area contributed by atoms with Crippen LogP contribution in [-0.2, 0) is 9.53 Å². The van der Waals surface area contributed by atoms with Gasteiger partial charge >= 0.3 is 0 Å². The number of aliphatic hydroxyl groups is 3. The smallest absolute Gasteiger partial charge is 0.224 e. The molecule has 7 nitrogen and oxygen atoms in total. The summed E-state index contributed by atoms with van der Waals surface area (Å²) in [5.41, 5.74) is 2.61. The molecule has 1 aromatic rings. The largest absolute Gasteiger partial charge is 0.504 e. The van der Waals surface area contributed by atoms with E-state index in [2.05, 4.69) is 24.2 Å². The van der Waals surface area contributed by atoms with Crippen LogP contribution in [0.15, 0.2) is 84.0 Å². The molecule has 2 aliphatic carbocycles. The van der Waals surface area contributed by atoms with Crippen LogP contribution in [0.2, 0.25) is 0 Å². The fraction of sp³-hybridized carbons (Fsp3) is 0.394. The molecule has 0 bridgehead atoms. The van der Waals surface area contributed by atoms with Gasteiger partial charge in [-0.05, 0) is 56.1 Å². The highest BCUT2D eigenvalue weighted by molar-refractivity contribution is 5.98. The van der Waals surface area contributed by atoms with Crippen molar-refractivity contribution in [1.29, 1.82) is 0 Å². The van der Waals surface area contributed by atoms with Gasteiger partial charge in [-0.25, -0.2) is 0 Å². The second kappa shape index (κ2) is 22.0. The van der Waals surface area contributed by atoms with E-state index in [9.17, 15) is 14.7 Å². The summed E-state index contributed by atoms with van der Waals surface area (Å²) in [6, 6.07) is 7.90. The van der Waals surface area contributed by atoms with Crippen molar-refractivity contribution in [1.82, 2.24) is 5.32 Å². The molecule has 0 aliphatic heterocycles. The van der Waals surface area contributed by atoms with E-state index >= 15 is 0 Å². The molecule has 1 fully saturated rings. The van der Waals surface area contributed by atoms with Crippen LogP contribution in [0.3, 0.4) is 0 Å².